The zero-order valence-corrected chi connectivity index (χ0v) is 9.74. The molecule has 1 saturated carbocycles. The molecule has 2 N–H and O–H groups in total. The van der Waals surface area contributed by atoms with E-state index in [1.165, 1.54) is 0 Å². The number of nitrogens with zero attached hydrogens (tertiary/aromatic N) is 1. The first-order valence-corrected chi connectivity index (χ1v) is 5.93. The second-order valence-corrected chi connectivity index (χ2v) is 5.00. The third-order valence-electron chi connectivity index (χ3n) is 3.81. The Hall–Kier alpha value is -1.49. The average molecular weight is 214 g/mol. The molecule has 16 heavy (non-hydrogen) atoms. The first-order chi connectivity index (χ1) is 7.66. The van der Waals surface area contributed by atoms with Crippen molar-refractivity contribution in [2.24, 2.45) is 5.92 Å². The minimum Gasteiger partial charge on any atom is -0.399 e. The highest BCUT2D eigenvalue weighted by Gasteiger charge is 2.35. The van der Waals surface area contributed by atoms with Crippen molar-refractivity contribution in [3.8, 4) is 6.07 Å². The lowest BCUT2D eigenvalue weighted by Crippen LogP contribution is -2.29. The molecule has 0 bridgehead atoms. The van der Waals surface area contributed by atoms with E-state index in [0.29, 0.717) is 0 Å². The van der Waals surface area contributed by atoms with E-state index in [1.807, 2.05) is 24.3 Å². The van der Waals surface area contributed by atoms with Crippen LogP contribution in [0, 0.1) is 17.2 Å². The van der Waals surface area contributed by atoms with Gasteiger partial charge in [-0.15, -0.1) is 0 Å². The highest BCUT2D eigenvalue weighted by atomic mass is 14.5. The van der Waals surface area contributed by atoms with Gasteiger partial charge in [-0.1, -0.05) is 19.1 Å². The second kappa shape index (κ2) is 4.17. The summed E-state index contributed by atoms with van der Waals surface area (Å²) in [5, 5.41) is 9.47. The smallest absolute Gasteiger partial charge is 0.0822 e. The summed E-state index contributed by atoms with van der Waals surface area (Å²) in [7, 11) is 0. The second-order valence-electron chi connectivity index (χ2n) is 5.00. The van der Waals surface area contributed by atoms with Crippen LogP contribution in [0.2, 0.25) is 0 Å². The summed E-state index contributed by atoms with van der Waals surface area (Å²) in [5.41, 5.74) is 7.32. The number of nitrogens with two attached hydrogens (primary N) is 1. The van der Waals surface area contributed by atoms with Gasteiger partial charge in [-0.3, -0.25) is 0 Å². The summed E-state index contributed by atoms with van der Waals surface area (Å²) in [6.45, 7) is 2.27. The van der Waals surface area contributed by atoms with Gasteiger partial charge in [-0.25, -0.2) is 0 Å². The molecule has 1 aromatic carbocycles. The largest absolute Gasteiger partial charge is 0.399 e. The van der Waals surface area contributed by atoms with Crippen LogP contribution in [0.5, 0.6) is 0 Å². The number of nitrogen functional groups attached to an aromatic ring is 1. The molecule has 0 atom stereocenters. The molecular weight excluding hydrogens is 196 g/mol. The van der Waals surface area contributed by atoms with E-state index in [-0.39, 0.29) is 5.41 Å². The van der Waals surface area contributed by atoms with Crippen LogP contribution < -0.4 is 5.73 Å². The Balaban J connectivity index is 2.29. The lowest BCUT2D eigenvalue weighted by Gasteiger charge is -2.34. The van der Waals surface area contributed by atoms with Crippen molar-refractivity contribution in [1.82, 2.24) is 0 Å². The molecule has 0 heterocycles. The van der Waals surface area contributed by atoms with E-state index < -0.39 is 0 Å². The molecule has 1 aromatic rings. The minimum atomic E-state index is -0.264. The van der Waals surface area contributed by atoms with E-state index in [9.17, 15) is 5.26 Å². The van der Waals surface area contributed by atoms with Crippen LogP contribution >= 0.6 is 0 Å². The Kier molecular flexibility index (Phi) is 2.87. The molecule has 0 spiro atoms. The lowest BCUT2D eigenvalue weighted by atomic mass is 9.68. The molecule has 0 radical (unpaired) electrons. The van der Waals surface area contributed by atoms with Crippen molar-refractivity contribution in [3.63, 3.8) is 0 Å². The van der Waals surface area contributed by atoms with Gasteiger partial charge in [0.1, 0.15) is 0 Å². The van der Waals surface area contributed by atoms with Crippen molar-refractivity contribution >= 4 is 5.69 Å². The fraction of sp³-hybridized carbons (Fsp3) is 0.500. The van der Waals surface area contributed by atoms with Gasteiger partial charge in [0.15, 0.2) is 0 Å². The van der Waals surface area contributed by atoms with Crippen LogP contribution in [0.1, 0.15) is 38.2 Å². The summed E-state index contributed by atoms with van der Waals surface area (Å²) in [6.07, 6.45) is 4.26. The average Bonchev–Trinajstić information content (AvgIpc) is 2.32. The maximum absolute atomic E-state index is 9.47. The third-order valence-corrected chi connectivity index (χ3v) is 3.81. The number of hydrogen-bond donors (Lipinski definition) is 1. The topological polar surface area (TPSA) is 49.8 Å². The molecule has 2 heteroatoms. The zero-order valence-electron chi connectivity index (χ0n) is 9.74. The molecule has 2 nitrogen and oxygen atoms in total. The standard InChI is InChI=1S/C14H18N2/c1-11-6-8-14(10-15,9-7-11)12-2-4-13(16)5-3-12/h2-5,11H,6-9,16H2,1H3. The number of benzene rings is 1. The van der Waals surface area contributed by atoms with E-state index in [2.05, 4.69) is 13.0 Å². The van der Waals surface area contributed by atoms with E-state index >= 15 is 0 Å². The van der Waals surface area contributed by atoms with Gasteiger partial charge in [0.25, 0.3) is 0 Å². The number of hydrogen-bond acceptors (Lipinski definition) is 2. The molecule has 0 aliphatic heterocycles. The normalized spacial score (nSPS) is 29.6. The molecule has 84 valence electrons. The highest BCUT2D eigenvalue weighted by Crippen LogP contribution is 2.41. The fourth-order valence-electron chi connectivity index (χ4n) is 2.52. The maximum atomic E-state index is 9.47. The van der Waals surface area contributed by atoms with Crippen molar-refractivity contribution in [3.05, 3.63) is 29.8 Å². The van der Waals surface area contributed by atoms with Gasteiger partial charge in [0.05, 0.1) is 11.5 Å². The van der Waals surface area contributed by atoms with Crippen LogP contribution in [0.3, 0.4) is 0 Å². The first kappa shape index (κ1) is 11.0. The van der Waals surface area contributed by atoms with Gasteiger partial charge >= 0.3 is 0 Å². The van der Waals surface area contributed by atoms with Crippen molar-refractivity contribution in [2.45, 2.75) is 38.0 Å². The molecule has 1 aliphatic rings. The maximum Gasteiger partial charge on any atom is 0.0822 e. The monoisotopic (exact) mass is 214 g/mol. The number of anilines is 1. The summed E-state index contributed by atoms with van der Waals surface area (Å²) in [5.74, 6) is 0.759. The fourth-order valence-corrected chi connectivity index (χ4v) is 2.52. The van der Waals surface area contributed by atoms with E-state index in [4.69, 9.17) is 5.73 Å². The SMILES string of the molecule is CC1CCC(C#N)(c2ccc(N)cc2)CC1. The first-order valence-electron chi connectivity index (χ1n) is 5.93. The van der Waals surface area contributed by atoms with Crippen LogP contribution in [-0.4, -0.2) is 0 Å². The van der Waals surface area contributed by atoms with E-state index in [0.717, 1.165) is 42.9 Å². The van der Waals surface area contributed by atoms with Gasteiger partial charge in [0, 0.05) is 5.69 Å². The van der Waals surface area contributed by atoms with Gasteiger partial charge < -0.3 is 5.73 Å². The van der Waals surface area contributed by atoms with Crippen LogP contribution in [-0.2, 0) is 5.41 Å². The number of rotatable bonds is 1. The van der Waals surface area contributed by atoms with Crippen LogP contribution in [0.25, 0.3) is 0 Å². The molecule has 1 fully saturated rings. The van der Waals surface area contributed by atoms with E-state index in [1.54, 1.807) is 0 Å². The molecule has 0 amide bonds. The summed E-state index contributed by atoms with van der Waals surface area (Å²) >= 11 is 0. The Bertz CT molecular complexity index is 392. The summed E-state index contributed by atoms with van der Waals surface area (Å²) < 4.78 is 0. The summed E-state index contributed by atoms with van der Waals surface area (Å²) in [6, 6.07) is 10.3. The van der Waals surface area contributed by atoms with Crippen LogP contribution in [0.15, 0.2) is 24.3 Å². The van der Waals surface area contributed by atoms with Crippen LogP contribution in [0.4, 0.5) is 5.69 Å². The van der Waals surface area contributed by atoms with Crippen molar-refractivity contribution < 1.29 is 0 Å². The number of nitriles is 1. The molecule has 2 rings (SSSR count). The minimum absolute atomic E-state index is 0.264. The van der Waals surface area contributed by atoms with Crippen molar-refractivity contribution in [1.29, 1.82) is 5.26 Å². The van der Waals surface area contributed by atoms with Crippen molar-refractivity contribution in [2.75, 3.05) is 5.73 Å². The summed E-state index contributed by atoms with van der Waals surface area (Å²) in [4.78, 5) is 0. The third kappa shape index (κ3) is 1.90. The lowest BCUT2D eigenvalue weighted by molar-refractivity contribution is 0.294. The molecule has 0 aromatic heterocycles. The van der Waals surface area contributed by atoms with Gasteiger partial charge in [-0.2, -0.15) is 5.26 Å². The van der Waals surface area contributed by atoms with Gasteiger partial charge in [-0.05, 0) is 49.3 Å². The molecule has 0 unspecified atom stereocenters. The predicted molar refractivity (Wildman–Crippen MR) is 65.8 cm³/mol. The Morgan fingerprint density at radius 1 is 1.25 bits per heavy atom. The zero-order chi connectivity index (χ0) is 11.6. The molecule has 1 aliphatic carbocycles. The Labute approximate surface area is 97.1 Å². The quantitative estimate of drug-likeness (QED) is 0.729. The molecular formula is C14H18N2. The van der Waals surface area contributed by atoms with Gasteiger partial charge in [0.2, 0.25) is 0 Å². The predicted octanol–water partition coefficient (Wildman–Crippen LogP) is 3.24. The Morgan fingerprint density at radius 2 is 1.81 bits per heavy atom. The highest BCUT2D eigenvalue weighted by molar-refractivity contribution is 5.43. The molecule has 0 saturated heterocycles. The Morgan fingerprint density at radius 3 is 2.31 bits per heavy atom.